The van der Waals surface area contributed by atoms with Gasteiger partial charge in [0.1, 0.15) is 0 Å². The number of rotatable bonds is 19. The highest BCUT2D eigenvalue weighted by Crippen LogP contribution is 2.51. The molecule has 1 N–H and O–H groups in total. The zero-order valence-electron chi connectivity index (χ0n) is 19.5. The molecular weight excluding hydrogens is 369 g/mol. The van der Waals surface area contributed by atoms with Crippen molar-refractivity contribution in [1.29, 1.82) is 0 Å². The van der Waals surface area contributed by atoms with E-state index in [2.05, 4.69) is 19.1 Å². The topological polar surface area (TPSA) is 46.5 Å². The fourth-order valence-corrected chi connectivity index (χ4v) is 5.64. The Kier molecular flexibility index (Phi) is 16.5. The van der Waals surface area contributed by atoms with Gasteiger partial charge < -0.3 is 13.9 Å². The Bertz CT molecular complexity index is 432. The molecule has 0 amide bonds. The van der Waals surface area contributed by atoms with Crippen LogP contribution in [0.5, 0.6) is 0 Å². The van der Waals surface area contributed by atoms with Crippen LogP contribution in [0.15, 0.2) is 12.2 Å². The van der Waals surface area contributed by atoms with E-state index in [0.29, 0.717) is 17.5 Å². The predicted octanol–water partition coefficient (Wildman–Crippen LogP) is 7.28. The van der Waals surface area contributed by atoms with Gasteiger partial charge in [0.2, 0.25) is 0 Å². The lowest BCUT2D eigenvalue weighted by Gasteiger charge is -2.35. The van der Waals surface area contributed by atoms with Gasteiger partial charge in [-0.25, -0.2) is 0 Å². The summed E-state index contributed by atoms with van der Waals surface area (Å²) in [5.41, 5.74) is 0. The van der Waals surface area contributed by atoms with Crippen LogP contribution < -0.4 is 0 Å². The molecule has 168 valence electrons. The molecule has 2 atom stereocenters. The highest BCUT2D eigenvalue weighted by molar-refractivity contribution is 7.53. The summed E-state index contributed by atoms with van der Waals surface area (Å²) in [7, 11) is 2.31. The molecule has 0 aromatic heterocycles. The Morgan fingerprint density at radius 3 is 1.71 bits per heavy atom. The Balaban J connectivity index is 3.51. The van der Waals surface area contributed by atoms with Crippen LogP contribution in [0.2, 0.25) is 0 Å². The second-order valence-electron chi connectivity index (χ2n) is 8.96. The maximum absolute atomic E-state index is 12.5. The Morgan fingerprint density at radius 2 is 1.29 bits per heavy atom. The molecule has 0 aliphatic carbocycles. The van der Waals surface area contributed by atoms with E-state index in [9.17, 15) is 9.46 Å². The molecule has 0 aliphatic rings. The van der Waals surface area contributed by atoms with Crippen molar-refractivity contribution in [3.05, 3.63) is 12.2 Å². The Hall–Kier alpha value is -0.150. The first-order chi connectivity index (χ1) is 13.3. The van der Waals surface area contributed by atoms with Crippen molar-refractivity contribution in [3.63, 3.8) is 0 Å². The van der Waals surface area contributed by atoms with E-state index in [1.165, 1.54) is 64.2 Å². The van der Waals surface area contributed by atoms with Gasteiger partial charge in [-0.1, -0.05) is 83.8 Å². The summed E-state index contributed by atoms with van der Waals surface area (Å²) in [6.07, 6.45) is 21.6. The van der Waals surface area contributed by atoms with Crippen molar-refractivity contribution in [1.82, 2.24) is 0 Å². The summed E-state index contributed by atoms with van der Waals surface area (Å²) in [5.74, 6) is -0.347. The minimum atomic E-state index is -3.54. The molecule has 0 rings (SSSR count). The normalized spacial score (nSPS) is 15.8. The third kappa shape index (κ3) is 14.8. The summed E-state index contributed by atoms with van der Waals surface area (Å²) < 4.78 is 18.3. The van der Waals surface area contributed by atoms with E-state index in [4.69, 9.17) is 4.52 Å². The van der Waals surface area contributed by atoms with E-state index in [-0.39, 0.29) is 5.78 Å². The minimum absolute atomic E-state index is 0.347. The van der Waals surface area contributed by atoms with E-state index in [1.54, 1.807) is 0 Å². The average molecular weight is 419 g/mol. The molecule has 0 saturated heterocycles. The van der Waals surface area contributed by atoms with Crippen molar-refractivity contribution in [2.75, 3.05) is 27.7 Å². The predicted molar refractivity (Wildman–Crippen MR) is 123 cm³/mol. The quantitative estimate of drug-likeness (QED) is 0.104. The number of hydrogen-bond acceptors (Lipinski definition) is 2. The number of unbranched alkanes of at least 4 members (excludes halogenated alkanes) is 11. The van der Waals surface area contributed by atoms with Crippen molar-refractivity contribution in [3.8, 4) is 0 Å². The van der Waals surface area contributed by atoms with Gasteiger partial charge in [0, 0.05) is 6.42 Å². The molecule has 0 bridgehead atoms. The third-order valence-electron chi connectivity index (χ3n) is 5.33. The molecule has 0 spiro atoms. The molecule has 0 fully saturated rings. The van der Waals surface area contributed by atoms with Crippen molar-refractivity contribution >= 4 is 7.60 Å². The van der Waals surface area contributed by atoms with Crippen LogP contribution >= 0.6 is 7.60 Å². The smallest absolute Gasteiger partial charge is 0.320 e. The van der Waals surface area contributed by atoms with Crippen molar-refractivity contribution < 1.29 is 18.5 Å². The molecule has 2 unspecified atom stereocenters. The van der Waals surface area contributed by atoms with E-state index in [1.807, 2.05) is 28.1 Å². The Morgan fingerprint density at radius 1 is 0.821 bits per heavy atom. The molecule has 0 saturated carbocycles. The maximum Gasteiger partial charge on any atom is 0.385 e. The molecule has 0 aromatic carbocycles. The second-order valence-corrected chi connectivity index (χ2v) is 10.9. The van der Waals surface area contributed by atoms with E-state index >= 15 is 0 Å². The molecular formula is C23H49NO3P+. The largest absolute Gasteiger partial charge is 0.385 e. The fourth-order valence-electron chi connectivity index (χ4n) is 3.74. The van der Waals surface area contributed by atoms with Crippen LogP contribution in [0.4, 0.5) is 0 Å². The lowest BCUT2D eigenvalue weighted by Crippen LogP contribution is -2.44. The maximum atomic E-state index is 12.5. The SMILES string of the molecule is CC/C=C\CCCCCCCCCCCCCOP(=O)(O)C(CC)[N+](C)(C)C. The first kappa shape index (κ1) is 27.8. The molecule has 4 nitrogen and oxygen atoms in total. The van der Waals surface area contributed by atoms with Crippen LogP contribution in [0, 0.1) is 0 Å². The van der Waals surface area contributed by atoms with Crippen LogP contribution in [-0.2, 0) is 9.09 Å². The molecule has 0 aliphatic heterocycles. The summed E-state index contributed by atoms with van der Waals surface area (Å²) in [6.45, 7) is 4.54. The monoisotopic (exact) mass is 418 g/mol. The second kappa shape index (κ2) is 16.6. The molecule has 0 heterocycles. The fraction of sp³-hybridized carbons (Fsp3) is 0.913. The number of allylic oxidation sites excluding steroid dienone is 2. The van der Waals surface area contributed by atoms with Gasteiger partial charge in [-0.3, -0.25) is 4.57 Å². The molecule has 0 aromatic rings. The third-order valence-corrected chi connectivity index (χ3v) is 7.69. The summed E-state index contributed by atoms with van der Waals surface area (Å²) >= 11 is 0. The molecule has 0 radical (unpaired) electrons. The molecule has 28 heavy (non-hydrogen) atoms. The van der Waals surface area contributed by atoms with Gasteiger partial charge in [-0.15, -0.1) is 0 Å². The first-order valence-corrected chi connectivity index (χ1v) is 13.3. The summed E-state index contributed by atoms with van der Waals surface area (Å²) in [4.78, 5) is 10.2. The minimum Gasteiger partial charge on any atom is -0.320 e. The standard InChI is InChI=1S/C23H48NO3P/c1-6-8-9-10-11-12-13-14-15-16-17-18-19-20-21-22-27-28(25,26)23(7-2)24(3,4)5/h8-9,23H,6-7,10-22H2,1-5H3/p+1/b9-8-. The van der Waals surface area contributed by atoms with Gasteiger partial charge in [-0.05, 0) is 25.7 Å². The van der Waals surface area contributed by atoms with Crippen LogP contribution in [0.1, 0.15) is 104 Å². The lowest BCUT2D eigenvalue weighted by atomic mass is 10.1. The number of nitrogens with zero attached hydrogens (tertiary/aromatic N) is 1. The van der Waals surface area contributed by atoms with Crippen LogP contribution in [0.3, 0.4) is 0 Å². The van der Waals surface area contributed by atoms with E-state index in [0.717, 1.165) is 19.3 Å². The van der Waals surface area contributed by atoms with Crippen molar-refractivity contribution in [2.45, 2.75) is 110 Å². The van der Waals surface area contributed by atoms with E-state index < -0.39 is 7.60 Å². The van der Waals surface area contributed by atoms with Crippen molar-refractivity contribution in [2.24, 2.45) is 0 Å². The summed E-state index contributed by atoms with van der Waals surface area (Å²) in [6, 6.07) is 0. The highest BCUT2D eigenvalue weighted by Gasteiger charge is 2.41. The van der Waals surface area contributed by atoms with Gasteiger partial charge in [0.25, 0.3) is 0 Å². The van der Waals surface area contributed by atoms with Gasteiger partial charge in [0.05, 0.1) is 27.7 Å². The summed E-state index contributed by atoms with van der Waals surface area (Å²) in [5, 5.41) is 0. The zero-order valence-corrected chi connectivity index (χ0v) is 20.4. The highest BCUT2D eigenvalue weighted by atomic mass is 31.2. The average Bonchev–Trinajstić information content (AvgIpc) is 2.60. The number of hydrogen-bond donors (Lipinski definition) is 1. The first-order valence-electron chi connectivity index (χ1n) is 11.7. The lowest BCUT2D eigenvalue weighted by molar-refractivity contribution is -0.883. The zero-order chi connectivity index (χ0) is 21.3. The van der Waals surface area contributed by atoms with Gasteiger partial charge in [-0.2, -0.15) is 0 Å². The van der Waals surface area contributed by atoms with Gasteiger partial charge >= 0.3 is 7.60 Å². The van der Waals surface area contributed by atoms with Crippen LogP contribution in [-0.4, -0.2) is 42.9 Å². The number of quaternary nitrogens is 1. The van der Waals surface area contributed by atoms with Gasteiger partial charge in [0.15, 0.2) is 5.78 Å². The molecule has 5 heteroatoms. The Labute approximate surface area is 175 Å². The van der Waals surface area contributed by atoms with Crippen LogP contribution in [0.25, 0.3) is 0 Å².